The minimum atomic E-state index is -0.345. The Morgan fingerprint density at radius 2 is 1.83 bits per heavy atom. The Morgan fingerprint density at radius 1 is 1.07 bits per heavy atom. The molecular weight excluding hydrogens is 364 g/mol. The molecule has 0 amide bonds. The SMILES string of the molecule is CC1(C)CC(=O)C2=C(C1)NC(Nc1nc3ccccc3o1)=N[C@@H]2c1ccccc1. The number of aromatic nitrogens is 1. The number of carbonyl (C=O) groups excluding carboxylic acids is 1. The number of nitrogens with one attached hydrogen (secondary N) is 2. The second kappa shape index (κ2) is 6.58. The zero-order chi connectivity index (χ0) is 20.0. The number of rotatable bonds is 2. The number of allylic oxidation sites excluding steroid dienone is 1. The highest BCUT2D eigenvalue weighted by Gasteiger charge is 2.39. The molecule has 3 aromatic rings. The van der Waals surface area contributed by atoms with Crippen LogP contribution in [0.25, 0.3) is 11.1 Å². The van der Waals surface area contributed by atoms with Gasteiger partial charge in [0.15, 0.2) is 11.4 Å². The number of Topliss-reactive ketones (excluding diaryl/α,β-unsaturated/α-hetero) is 1. The summed E-state index contributed by atoms with van der Waals surface area (Å²) >= 11 is 0. The van der Waals surface area contributed by atoms with E-state index in [4.69, 9.17) is 9.41 Å². The van der Waals surface area contributed by atoms with Gasteiger partial charge in [-0.1, -0.05) is 56.3 Å². The Hall–Kier alpha value is -3.41. The summed E-state index contributed by atoms with van der Waals surface area (Å²) in [4.78, 5) is 22.3. The van der Waals surface area contributed by atoms with Crippen LogP contribution >= 0.6 is 0 Å². The third-order valence-electron chi connectivity index (χ3n) is 5.36. The number of ketones is 1. The number of aliphatic imine (C=N–C) groups is 1. The lowest BCUT2D eigenvalue weighted by Gasteiger charge is -2.37. The summed E-state index contributed by atoms with van der Waals surface area (Å²) in [5, 5.41) is 6.49. The zero-order valence-corrected chi connectivity index (χ0v) is 16.4. The lowest BCUT2D eigenvalue weighted by molar-refractivity contribution is -0.118. The summed E-state index contributed by atoms with van der Waals surface area (Å²) in [5.74, 6) is 0.692. The number of hydrogen-bond acceptors (Lipinski definition) is 6. The molecule has 29 heavy (non-hydrogen) atoms. The maximum absolute atomic E-state index is 13.0. The van der Waals surface area contributed by atoms with E-state index >= 15 is 0 Å². The molecule has 0 radical (unpaired) electrons. The maximum Gasteiger partial charge on any atom is 0.302 e. The van der Waals surface area contributed by atoms with Crippen LogP contribution < -0.4 is 10.6 Å². The molecule has 1 aliphatic carbocycles. The van der Waals surface area contributed by atoms with Crippen molar-refractivity contribution in [2.24, 2.45) is 10.4 Å². The van der Waals surface area contributed by atoms with Gasteiger partial charge < -0.3 is 9.73 Å². The summed E-state index contributed by atoms with van der Waals surface area (Å²) in [7, 11) is 0. The minimum absolute atomic E-state index is 0.0930. The molecule has 2 aliphatic rings. The first-order valence-corrected chi connectivity index (χ1v) is 9.77. The highest BCUT2D eigenvalue weighted by atomic mass is 16.4. The molecule has 0 fully saturated rings. The molecule has 6 nitrogen and oxygen atoms in total. The Morgan fingerprint density at radius 3 is 2.62 bits per heavy atom. The highest BCUT2D eigenvalue weighted by Crippen LogP contribution is 2.42. The molecule has 0 spiro atoms. The smallest absolute Gasteiger partial charge is 0.302 e. The Kier molecular flexibility index (Phi) is 4.01. The van der Waals surface area contributed by atoms with Gasteiger partial charge in [0.05, 0.1) is 0 Å². The Bertz CT molecular complexity index is 1120. The van der Waals surface area contributed by atoms with Gasteiger partial charge in [-0.15, -0.1) is 0 Å². The van der Waals surface area contributed by atoms with Gasteiger partial charge in [0.1, 0.15) is 11.6 Å². The second-order valence-electron chi connectivity index (χ2n) is 8.36. The van der Waals surface area contributed by atoms with E-state index in [1.54, 1.807) is 0 Å². The van der Waals surface area contributed by atoms with E-state index in [-0.39, 0.29) is 17.2 Å². The van der Waals surface area contributed by atoms with E-state index in [9.17, 15) is 4.79 Å². The molecule has 0 bridgehead atoms. The largest absolute Gasteiger partial charge is 0.423 e. The maximum atomic E-state index is 13.0. The van der Waals surface area contributed by atoms with E-state index in [0.717, 1.165) is 28.8 Å². The number of carbonyl (C=O) groups is 1. The van der Waals surface area contributed by atoms with E-state index in [1.807, 2.05) is 54.6 Å². The van der Waals surface area contributed by atoms with Crippen LogP contribution in [0.3, 0.4) is 0 Å². The van der Waals surface area contributed by atoms with Crippen molar-refractivity contribution in [1.82, 2.24) is 10.3 Å². The number of para-hydroxylation sites is 2. The summed E-state index contributed by atoms with van der Waals surface area (Å²) in [6.45, 7) is 4.24. The van der Waals surface area contributed by atoms with Crippen LogP contribution in [0.2, 0.25) is 0 Å². The standard InChI is InChI=1S/C23H22N4O2/c1-23(2)12-16-19(17(28)13-23)20(14-8-4-3-5-9-14)26-21(24-16)27-22-25-15-10-6-7-11-18(15)29-22/h3-11,20H,12-13H2,1-2H3,(H2,24,25,26,27)/t20-/m1/s1. The number of anilines is 1. The summed E-state index contributed by atoms with van der Waals surface area (Å²) in [5.41, 5.74) is 4.07. The molecule has 0 unspecified atom stereocenters. The van der Waals surface area contributed by atoms with Crippen LogP contribution in [0.1, 0.15) is 38.3 Å². The fourth-order valence-electron chi connectivity index (χ4n) is 4.10. The van der Waals surface area contributed by atoms with Gasteiger partial charge in [-0.3, -0.25) is 10.1 Å². The van der Waals surface area contributed by atoms with E-state index in [2.05, 4.69) is 29.5 Å². The first-order valence-electron chi connectivity index (χ1n) is 9.77. The van der Waals surface area contributed by atoms with Gasteiger partial charge in [0.2, 0.25) is 5.96 Å². The molecule has 2 N–H and O–H groups in total. The minimum Gasteiger partial charge on any atom is -0.423 e. The van der Waals surface area contributed by atoms with Crippen LogP contribution in [0.15, 0.2) is 75.3 Å². The first kappa shape index (κ1) is 17.7. The van der Waals surface area contributed by atoms with Crippen molar-refractivity contribution < 1.29 is 9.21 Å². The van der Waals surface area contributed by atoms with Crippen molar-refractivity contribution in [2.45, 2.75) is 32.7 Å². The van der Waals surface area contributed by atoms with Crippen molar-refractivity contribution in [2.75, 3.05) is 5.32 Å². The monoisotopic (exact) mass is 386 g/mol. The average molecular weight is 386 g/mol. The molecule has 2 aromatic carbocycles. The number of guanidine groups is 1. The predicted octanol–water partition coefficient (Wildman–Crippen LogP) is 4.58. The predicted molar refractivity (Wildman–Crippen MR) is 112 cm³/mol. The van der Waals surface area contributed by atoms with E-state index < -0.39 is 0 Å². The summed E-state index contributed by atoms with van der Waals surface area (Å²) in [6.07, 6.45) is 1.31. The third kappa shape index (κ3) is 3.31. The second-order valence-corrected chi connectivity index (χ2v) is 8.36. The average Bonchev–Trinajstić information content (AvgIpc) is 3.09. The molecule has 1 aromatic heterocycles. The van der Waals surface area contributed by atoms with Crippen molar-refractivity contribution in [3.05, 3.63) is 71.4 Å². The molecular formula is C23H22N4O2. The molecule has 6 heteroatoms. The molecule has 5 rings (SSSR count). The number of fused-ring (bicyclic) bond motifs is 1. The topological polar surface area (TPSA) is 79.5 Å². The first-order chi connectivity index (χ1) is 14.0. The lowest BCUT2D eigenvalue weighted by Crippen LogP contribution is -2.41. The number of hydrogen-bond donors (Lipinski definition) is 2. The van der Waals surface area contributed by atoms with Crippen LogP contribution in [0.4, 0.5) is 6.01 Å². The zero-order valence-electron chi connectivity index (χ0n) is 16.4. The Labute approximate surface area is 168 Å². The van der Waals surface area contributed by atoms with Crippen molar-refractivity contribution in [3.8, 4) is 0 Å². The van der Waals surface area contributed by atoms with Gasteiger partial charge >= 0.3 is 6.01 Å². The lowest BCUT2D eigenvalue weighted by atomic mass is 9.73. The van der Waals surface area contributed by atoms with Crippen molar-refractivity contribution in [3.63, 3.8) is 0 Å². The summed E-state index contributed by atoms with van der Waals surface area (Å²) in [6, 6.07) is 17.5. The normalized spacial score (nSPS) is 20.8. The molecule has 1 atom stereocenters. The van der Waals surface area contributed by atoms with Crippen LogP contribution in [0, 0.1) is 5.41 Å². The van der Waals surface area contributed by atoms with Crippen LogP contribution in [0.5, 0.6) is 0 Å². The molecule has 0 saturated heterocycles. The highest BCUT2D eigenvalue weighted by molar-refractivity contribution is 6.03. The molecule has 0 saturated carbocycles. The van der Waals surface area contributed by atoms with Crippen molar-refractivity contribution >= 4 is 28.9 Å². The molecule has 1 aliphatic heterocycles. The van der Waals surface area contributed by atoms with Gasteiger partial charge in [-0.05, 0) is 29.5 Å². The Balaban J connectivity index is 1.54. The quantitative estimate of drug-likeness (QED) is 0.674. The number of oxazole rings is 1. The van der Waals surface area contributed by atoms with E-state index in [1.165, 1.54) is 0 Å². The van der Waals surface area contributed by atoms with E-state index in [0.29, 0.717) is 24.0 Å². The number of nitrogens with zero attached hydrogens (tertiary/aromatic N) is 2. The third-order valence-corrected chi connectivity index (χ3v) is 5.36. The van der Waals surface area contributed by atoms with Gasteiger partial charge in [-0.25, -0.2) is 4.99 Å². The van der Waals surface area contributed by atoms with Crippen LogP contribution in [-0.4, -0.2) is 16.7 Å². The number of benzene rings is 2. The fourth-order valence-corrected chi connectivity index (χ4v) is 4.10. The van der Waals surface area contributed by atoms with Crippen LogP contribution in [-0.2, 0) is 4.79 Å². The molecule has 2 heterocycles. The van der Waals surface area contributed by atoms with Crippen molar-refractivity contribution in [1.29, 1.82) is 0 Å². The van der Waals surface area contributed by atoms with Gasteiger partial charge in [-0.2, -0.15) is 4.98 Å². The molecule has 146 valence electrons. The fraction of sp³-hybridized carbons (Fsp3) is 0.261. The van der Waals surface area contributed by atoms with Gasteiger partial charge in [0, 0.05) is 17.7 Å². The summed E-state index contributed by atoms with van der Waals surface area (Å²) < 4.78 is 5.78. The van der Waals surface area contributed by atoms with Gasteiger partial charge in [0.25, 0.3) is 0 Å².